The Labute approximate surface area is 119 Å². The van der Waals surface area contributed by atoms with E-state index in [4.69, 9.17) is 0 Å². The zero-order valence-corrected chi connectivity index (χ0v) is 12.9. The molecule has 0 nitrogen and oxygen atoms in total. The summed E-state index contributed by atoms with van der Waals surface area (Å²) < 4.78 is 1.13. The lowest BCUT2D eigenvalue weighted by atomic mass is 9.77. The van der Waals surface area contributed by atoms with E-state index in [-0.39, 0.29) is 0 Å². The summed E-state index contributed by atoms with van der Waals surface area (Å²) in [6, 6.07) is 6.62. The van der Waals surface area contributed by atoms with Crippen molar-refractivity contribution >= 4 is 28.6 Å². The summed E-state index contributed by atoms with van der Waals surface area (Å²) in [6.07, 6.45) is 8.32. The van der Waals surface area contributed by atoms with Gasteiger partial charge in [-0.2, -0.15) is 0 Å². The molecule has 1 aliphatic rings. The third kappa shape index (κ3) is 3.51. The van der Waals surface area contributed by atoms with Gasteiger partial charge in [0.2, 0.25) is 0 Å². The molecule has 0 aliphatic heterocycles. The topological polar surface area (TPSA) is 0 Å². The van der Waals surface area contributed by atoms with Gasteiger partial charge in [0.15, 0.2) is 0 Å². The fourth-order valence-electron chi connectivity index (χ4n) is 2.97. The third-order valence-electron chi connectivity index (χ3n) is 3.99. The van der Waals surface area contributed by atoms with Crippen molar-refractivity contribution in [1.29, 1.82) is 0 Å². The maximum Gasteiger partial charge on any atom is 0.0311 e. The predicted octanol–water partition coefficient (Wildman–Crippen LogP) is 5.81. The van der Waals surface area contributed by atoms with E-state index >= 15 is 0 Å². The highest BCUT2D eigenvalue weighted by Crippen LogP contribution is 2.38. The van der Waals surface area contributed by atoms with Crippen molar-refractivity contribution in [1.82, 2.24) is 0 Å². The summed E-state index contributed by atoms with van der Waals surface area (Å²) >= 11 is 7.98. The molecule has 17 heavy (non-hydrogen) atoms. The smallest absolute Gasteiger partial charge is 0.0311 e. The normalized spacial score (nSPS) is 24.9. The molecule has 0 bridgehead atoms. The molecule has 2 rings (SSSR count). The highest BCUT2D eigenvalue weighted by molar-refractivity contribution is 9.10. The minimum atomic E-state index is 0.772. The van der Waals surface area contributed by atoms with Crippen LogP contribution in [0.25, 0.3) is 0 Å². The van der Waals surface area contributed by atoms with Crippen LogP contribution in [0.3, 0.4) is 0 Å². The fraction of sp³-hybridized carbons (Fsp3) is 0.600. The Bertz CT molecular complexity index is 367. The van der Waals surface area contributed by atoms with Crippen LogP contribution in [0.5, 0.6) is 0 Å². The SMILES string of the molecule is CCC[C@H]1CC[C@H](c2ccc(S)c(Br)c2)CC1. The van der Waals surface area contributed by atoms with Crippen LogP contribution in [0.4, 0.5) is 0 Å². The number of hydrogen-bond donors (Lipinski definition) is 1. The van der Waals surface area contributed by atoms with Gasteiger partial charge in [-0.3, -0.25) is 0 Å². The second kappa shape index (κ2) is 6.29. The first-order valence-corrected chi connectivity index (χ1v) is 7.93. The molecule has 0 saturated heterocycles. The Morgan fingerprint density at radius 2 is 1.94 bits per heavy atom. The second-order valence-electron chi connectivity index (χ2n) is 5.22. The lowest BCUT2D eigenvalue weighted by molar-refractivity contribution is 0.308. The van der Waals surface area contributed by atoms with Crippen molar-refractivity contribution in [3.05, 3.63) is 28.2 Å². The Morgan fingerprint density at radius 1 is 1.24 bits per heavy atom. The Kier molecular flexibility index (Phi) is 4.98. The van der Waals surface area contributed by atoms with E-state index < -0.39 is 0 Å². The molecule has 0 spiro atoms. The summed E-state index contributed by atoms with van der Waals surface area (Å²) in [5.41, 5.74) is 1.49. The fourth-order valence-corrected chi connectivity index (χ4v) is 3.51. The minimum Gasteiger partial charge on any atom is -0.142 e. The lowest BCUT2D eigenvalue weighted by Gasteiger charge is -2.28. The molecule has 0 heterocycles. The largest absolute Gasteiger partial charge is 0.142 e. The average Bonchev–Trinajstić information content (AvgIpc) is 2.34. The van der Waals surface area contributed by atoms with Gasteiger partial charge in [0.25, 0.3) is 0 Å². The first-order valence-electron chi connectivity index (χ1n) is 6.69. The Balaban J connectivity index is 1.98. The van der Waals surface area contributed by atoms with Crippen LogP contribution in [0.2, 0.25) is 0 Å². The van der Waals surface area contributed by atoms with Crippen LogP contribution in [-0.4, -0.2) is 0 Å². The molecule has 1 fully saturated rings. The van der Waals surface area contributed by atoms with Crippen molar-refractivity contribution in [3.63, 3.8) is 0 Å². The average molecular weight is 313 g/mol. The summed E-state index contributed by atoms with van der Waals surface area (Å²) in [6.45, 7) is 2.30. The predicted molar refractivity (Wildman–Crippen MR) is 81.0 cm³/mol. The molecule has 0 amide bonds. The molecule has 0 radical (unpaired) electrons. The zero-order chi connectivity index (χ0) is 12.3. The third-order valence-corrected chi connectivity index (χ3v) is 5.34. The maximum absolute atomic E-state index is 4.40. The molecule has 0 N–H and O–H groups in total. The van der Waals surface area contributed by atoms with Gasteiger partial charge in [-0.15, -0.1) is 12.6 Å². The maximum atomic E-state index is 4.40. The van der Waals surface area contributed by atoms with Gasteiger partial charge < -0.3 is 0 Å². The number of rotatable bonds is 3. The standard InChI is InChI=1S/C15H21BrS/c1-2-3-11-4-6-12(7-5-11)13-8-9-15(17)14(16)10-13/h8-12,17H,2-7H2,1H3/t11-,12-. The van der Waals surface area contributed by atoms with Crippen molar-refractivity contribution in [2.24, 2.45) is 5.92 Å². The monoisotopic (exact) mass is 312 g/mol. The van der Waals surface area contributed by atoms with Crippen molar-refractivity contribution in [2.45, 2.75) is 56.3 Å². The van der Waals surface area contributed by atoms with Crippen molar-refractivity contribution in [2.75, 3.05) is 0 Å². The van der Waals surface area contributed by atoms with E-state index in [0.717, 1.165) is 21.2 Å². The molecule has 2 heteroatoms. The van der Waals surface area contributed by atoms with Crippen LogP contribution in [-0.2, 0) is 0 Å². The Morgan fingerprint density at radius 3 is 2.53 bits per heavy atom. The first-order chi connectivity index (χ1) is 8.20. The van der Waals surface area contributed by atoms with E-state index in [1.165, 1.54) is 44.1 Å². The van der Waals surface area contributed by atoms with Crippen LogP contribution in [0, 0.1) is 5.92 Å². The van der Waals surface area contributed by atoms with Gasteiger partial charge in [0.1, 0.15) is 0 Å². The molecule has 0 atom stereocenters. The molecule has 94 valence electrons. The van der Waals surface area contributed by atoms with Crippen LogP contribution < -0.4 is 0 Å². The number of benzene rings is 1. The Hall–Kier alpha value is 0.0500. The summed E-state index contributed by atoms with van der Waals surface area (Å²) in [4.78, 5) is 1.04. The molecule has 0 aromatic heterocycles. The van der Waals surface area contributed by atoms with Gasteiger partial charge in [0, 0.05) is 9.37 Å². The molecule has 1 saturated carbocycles. The number of hydrogen-bond acceptors (Lipinski definition) is 1. The van der Waals surface area contributed by atoms with E-state index in [2.05, 4.69) is 53.7 Å². The number of halogens is 1. The van der Waals surface area contributed by atoms with Gasteiger partial charge in [-0.1, -0.05) is 25.8 Å². The van der Waals surface area contributed by atoms with Crippen molar-refractivity contribution in [3.8, 4) is 0 Å². The summed E-state index contributed by atoms with van der Waals surface area (Å²) in [5.74, 6) is 1.76. The van der Waals surface area contributed by atoms with Crippen molar-refractivity contribution < 1.29 is 0 Å². The summed E-state index contributed by atoms with van der Waals surface area (Å²) in [5, 5.41) is 0. The second-order valence-corrected chi connectivity index (χ2v) is 6.55. The van der Waals surface area contributed by atoms with Gasteiger partial charge in [-0.05, 0) is 71.1 Å². The van der Waals surface area contributed by atoms with Gasteiger partial charge in [0.05, 0.1) is 0 Å². The molecule has 1 aliphatic carbocycles. The van der Waals surface area contributed by atoms with Crippen LogP contribution in [0.1, 0.15) is 56.9 Å². The first kappa shape index (κ1) is 13.5. The van der Waals surface area contributed by atoms with E-state index in [0.29, 0.717) is 0 Å². The molecule has 1 aromatic carbocycles. The van der Waals surface area contributed by atoms with E-state index in [9.17, 15) is 0 Å². The quantitative estimate of drug-likeness (QED) is 0.669. The van der Waals surface area contributed by atoms with E-state index in [1.54, 1.807) is 0 Å². The zero-order valence-electron chi connectivity index (χ0n) is 10.5. The molecular weight excluding hydrogens is 292 g/mol. The number of thiol groups is 1. The summed E-state index contributed by atoms with van der Waals surface area (Å²) in [7, 11) is 0. The van der Waals surface area contributed by atoms with Crippen LogP contribution in [0.15, 0.2) is 27.6 Å². The lowest BCUT2D eigenvalue weighted by Crippen LogP contribution is -2.13. The minimum absolute atomic E-state index is 0.772. The molecular formula is C15H21BrS. The van der Waals surface area contributed by atoms with Gasteiger partial charge in [-0.25, -0.2) is 0 Å². The highest BCUT2D eigenvalue weighted by Gasteiger charge is 2.21. The van der Waals surface area contributed by atoms with Gasteiger partial charge >= 0.3 is 0 Å². The van der Waals surface area contributed by atoms with E-state index in [1.807, 2.05) is 0 Å². The highest BCUT2D eigenvalue weighted by atomic mass is 79.9. The van der Waals surface area contributed by atoms with Crippen LogP contribution >= 0.6 is 28.6 Å². The molecule has 0 unspecified atom stereocenters. The molecule has 1 aromatic rings.